The normalized spacial score (nSPS) is 21.2. The van der Waals surface area contributed by atoms with E-state index in [1.165, 1.54) is 19.3 Å². The van der Waals surface area contributed by atoms with Crippen LogP contribution in [0.2, 0.25) is 0 Å². The van der Waals surface area contributed by atoms with Crippen LogP contribution in [0.1, 0.15) is 38.8 Å². The van der Waals surface area contributed by atoms with Gasteiger partial charge >= 0.3 is 0 Å². The maximum absolute atomic E-state index is 4.67. The average molecular weight is 287 g/mol. The monoisotopic (exact) mass is 287 g/mol. The van der Waals surface area contributed by atoms with E-state index in [1.807, 2.05) is 24.4 Å². The Morgan fingerprint density at radius 2 is 2.30 bits per heavy atom. The summed E-state index contributed by atoms with van der Waals surface area (Å²) >= 11 is 1.67. The molecule has 0 bridgehead atoms. The van der Waals surface area contributed by atoms with E-state index in [0.29, 0.717) is 11.5 Å². The lowest BCUT2D eigenvalue weighted by molar-refractivity contribution is 0.364. The minimum atomic E-state index is 0.499. The Hall–Kier alpha value is -1.26. The maximum atomic E-state index is 4.67. The van der Waals surface area contributed by atoms with E-state index in [-0.39, 0.29) is 0 Å². The Balaban J connectivity index is 1.58. The molecule has 0 aromatic carbocycles. The summed E-state index contributed by atoms with van der Waals surface area (Å²) in [5.41, 5.74) is 2.59. The molecule has 1 atom stereocenters. The molecule has 0 saturated heterocycles. The number of aromatic nitrogens is 2. The first-order chi connectivity index (χ1) is 9.62. The van der Waals surface area contributed by atoms with Crippen molar-refractivity contribution in [2.45, 2.75) is 45.7 Å². The van der Waals surface area contributed by atoms with Gasteiger partial charge in [0.15, 0.2) is 0 Å². The molecule has 0 aliphatic heterocycles. The molecule has 3 rings (SSSR count). The first-order valence-electron chi connectivity index (χ1n) is 7.22. The zero-order valence-corrected chi connectivity index (χ0v) is 12.9. The summed E-state index contributed by atoms with van der Waals surface area (Å²) < 4.78 is 0. The number of nitrogens with zero attached hydrogens (tertiary/aromatic N) is 2. The summed E-state index contributed by atoms with van der Waals surface area (Å²) in [5.74, 6) is 0. The summed E-state index contributed by atoms with van der Waals surface area (Å²) in [6.07, 6.45) is 5.69. The van der Waals surface area contributed by atoms with Gasteiger partial charge in [0.05, 0.1) is 11.4 Å². The van der Waals surface area contributed by atoms with E-state index >= 15 is 0 Å². The number of nitrogens with one attached hydrogen (secondary N) is 1. The molecule has 0 radical (unpaired) electrons. The van der Waals surface area contributed by atoms with Gasteiger partial charge in [-0.3, -0.25) is 4.98 Å². The van der Waals surface area contributed by atoms with Crippen molar-refractivity contribution >= 4 is 11.3 Å². The second-order valence-electron chi connectivity index (χ2n) is 6.34. The summed E-state index contributed by atoms with van der Waals surface area (Å²) in [6, 6.07) is 6.59. The molecule has 2 heterocycles. The summed E-state index contributed by atoms with van der Waals surface area (Å²) in [4.78, 5) is 9.02. The molecule has 2 aromatic heterocycles. The van der Waals surface area contributed by atoms with E-state index < -0.39 is 0 Å². The van der Waals surface area contributed by atoms with Gasteiger partial charge in [-0.1, -0.05) is 19.9 Å². The molecule has 0 amide bonds. The fourth-order valence-electron chi connectivity index (χ4n) is 2.85. The molecule has 2 aromatic rings. The molecule has 20 heavy (non-hydrogen) atoms. The minimum absolute atomic E-state index is 0.499. The van der Waals surface area contributed by atoms with Gasteiger partial charge in [0.25, 0.3) is 0 Å². The van der Waals surface area contributed by atoms with Crippen LogP contribution in [-0.2, 0) is 6.54 Å². The highest BCUT2D eigenvalue weighted by Gasteiger charge is 2.30. The van der Waals surface area contributed by atoms with E-state index in [2.05, 4.69) is 34.5 Å². The third kappa shape index (κ3) is 3.25. The van der Waals surface area contributed by atoms with Crippen LogP contribution in [0.15, 0.2) is 29.8 Å². The largest absolute Gasteiger partial charge is 0.308 e. The molecule has 1 aliphatic rings. The molecule has 1 N–H and O–H groups in total. The summed E-state index contributed by atoms with van der Waals surface area (Å²) in [7, 11) is 0. The molecule has 106 valence electrons. The van der Waals surface area contributed by atoms with E-state index in [9.17, 15) is 0 Å². The summed E-state index contributed by atoms with van der Waals surface area (Å²) in [6.45, 7) is 5.58. The van der Waals surface area contributed by atoms with Crippen LogP contribution in [0.3, 0.4) is 0 Å². The highest BCUT2D eigenvalue weighted by Crippen LogP contribution is 2.37. The second-order valence-corrected chi connectivity index (χ2v) is 7.20. The Morgan fingerprint density at radius 3 is 3.00 bits per heavy atom. The van der Waals surface area contributed by atoms with Crippen molar-refractivity contribution in [1.29, 1.82) is 0 Å². The topological polar surface area (TPSA) is 37.8 Å². The van der Waals surface area contributed by atoms with Crippen molar-refractivity contribution in [2.75, 3.05) is 0 Å². The fraction of sp³-hybridized carbons (Fsp3) is 0.500. The number of hydrogen-bond donors (Lipinski definition) is 1. The van der Waals surface area contributed by atoms with Crippen LogP contribution >= 0.6 is 11.3 Å². The average Bonchev–Trinajstić information content (AvgIpc) is 3.04. The Morgan fingerprint density at radius 1 is 1.40 bits per heavy atom. The van der Waals surface area contributed by atoms with Gasteiger partial charge in [-0.25, -0.2) is 4.98 Å². The van der Waals surface area contributed by atoms with Crippen molar-refractivity contribution in [3.63, 3.8) is 0 Å². The first kappa shape index (κ1) is 13.7. The lowest BCUT2D eigenvalue weighted by Gasteiger charge is -2.17. The SMILES string of the molecule is CC1(C)CCC(NCc2csc(-c3ccccn3)n2)C1. The molecule has 1 fully saturated rings. The molecule has 1 unspecified atom stereocenters. The van der Waals surface area contributed by atoms with Crippen molar-refractivity contribution in [2.24, 2.45) is 5.41 Å². The standard InChI is InChI=1S/C16H21N3S/c1-16(2)7-6-12(9-16)18-10-13-11-20-15(19-13)14-5-3-4-8-17-14/h3-5,8,11-12,18H,6-7,9-10H2,1-2H3. The van der Waals surface area contributed by atoms with Crippen LogP contribution < -0.4 is 5.32 Å². The predicted octanol–water partition coefficient (Wildman–Crippen LogP) is 3.87. The smallest absolute Gasteiger partial charge is 0.142 e. The molecule has 4 heteroatoms. The zero-order valence-electron chi connectivity index (χ0n) is 12.1. The first-order valence-corrected chi connectivity index (χ1v) is 8.10. The van der Waals surface area contributed by atoms with Crippen LogP contribution in [0.5, 0.6) is 0 Å². The van der Waals surface area contributed by atoms with Gasteiger partial charge in [-0.2, -0.15) is 0 Å². The number of hydrogen-bond acceptors (Lipinski definition) is 4. The van der Waals surface area contributed by atoms with Crippen LogP contribution in [0.25, 0.3) is 10.7 Å². The Kier molecular flexibility index (Phi) is 3.85. The number of pyridine rings is 1. The predicted molar refractivity (Wildman–Crippen MR) is 83.6 cm³/mol. The van der Waals surface area contributed by atoms with E-state index in [4.69, 9.17) is 0 Å². The van der Waals surface area contributed by atoms with Gasteiger partial charge in [-0.15, -0.1) is 11.3 Å². The van der Waals surface area contributed by atoms with Crippen LogP contribution in [-0.4, -0.2) is 16.0 Å². The Bertz CT molecular complexity index is 562. The van der Waals surface area contributed by atoms with Crippen molar-refractivity contribution in [1.82, 2.24) is 15.3 Å². The lowest BCUT2D eigenvalue weighted by Crippen LogP contribution is -2.26. The van der Waals surface area contributed by atoms with Crippen LogP contribution in [0.4, 0.5) is 0 Å². The van der Waals surface area contributed by atoms with Gasteiger partial charge in [0.2, 0.25) is 0 Å². The second kappa shape index (κ2) is 5.62. The van der Waals surface area contributed by atoms with Crippen molar-refractivity contribution in [3.05, 3.63) is 35.5 Å². The van der Waals surface area contributed by atoms with Crippen molar-refractivity contribution in [3.8, 4) is 10.7 Å². The zero-order chi connectivity index (χ0) is 14.0. The molecular weight excluding hydrogens is 266 g/mol. The van der Waals surface area contributed by atoms with E-state index in [1.54, 1.807) is 11.3 Å². The number of rotatable bonds is 4. The number of thiazole rings is 1. The highest BCUT2D eigenvalue weighted by atomic mass is 32.1. The third-order valence-electron chi connectivity index (χ3n) is 3.98. The highest BCUT2D eigenvalue weighted by molar-refractivity contribution is 7.13. The van der Waals surface area contributed by atoms with Crippen LogP contribution in [0, 0.1) is 5.41 Å². The minimum Gasteiger partial charge on any atom is -0.308 e. The van der Waals surface area contributed by atoms with Gasteiger partial charge < -0.3 is 5.32 Å². The maximum Gasteiger partial charge on any atom is 0.142 e. The lowest BCUT2D eigenvalue weighted by atomic mass is 9.92. The Labute approximate surface area is 124 Å². The molecule has 1 saturated carbocycles. The molecule has 1 aliphatic carbocycles. The molecule has 0 spiro atoms. The van der Waals surface area contributed by atoms with Gasteiger partial charge in [0, 0.05) is 24.2 Å². The van der Waals surface area contributed by atoms with E-state index in [0.717, 1.165) is 22.9 Å². The summed E-state index contributed by atoms with van der Waals surface area (Å²) in [5, 5.41) is 6.79. The molecule has 3 nitrogen and oxygen atoms in total. The quantitative estimate of drug-likeness (QED) is 0.927. The van der Waals surface area contributed by atoms with Crippen molar-refractivity contribution < 1.29 is 0 Å². The third-order valence-corrected chi connectivity index (χ3v) is 4.89. The van der Waals surface area contributed by atoms with Gasteiger partial charge in [0.1, 0.15) is 5.01 Å². The molecular formula is C16H21N3S. The fourth-order valence-corrected chi connectivity index (χ4v) is 3.65. The van der Waals surface area contributed by atoms with Gasteiger partial charge in [-0.05, 0) is 36.8 Å².